The minimum Gasteiger partial charge on any atom is -0.481 e. The third kappa shape index (κ3) is 2.87. The van der Waals surface area contributed by atoms with E-state index in [0.29, 0.717) is 0 Å². The highest BCUT2D eigenvalue weighted by atomic mass is 127. The molecule has 0 unspecified atom stereocenters. The molecule has 90 valence electrons. The number of nitrogens with zero attached hydrogens (tertiary/aromatic N) is 1. The summed E-state index contributed by atoms with van der Waals surface area (Å²) in [7, 11) is 0. The first-order chi connectivity index (χ1) is 8.06. The number of carboxylic acids is 1. The molecule has 1 aromatic rings. The van der Waals surface area contributed by atoms with Gasteiger partial charge < -0.3 is 15.3 Å². The van der Waals surface area contributed by atoms with E-state index in [-0.39, 0.29) is 19.1 Å². The Morgan fingerprint density at radius 2 is 2.12 bits per heavy atom. The molecule has 1 aromatic carbocycles. The highest BCUT2D eigenvalue weighted by molar-refractivity contribution is 14.1. The summed E-state index contributed by atoms with van der Waals surface area (Å²) < 4.78 is 1.03. The van der Waals surface area contributed by atoms with Crippen molar-refractivity contribution in [2.24, 2.45) is 5.92 Å². The number of nitrogens with one attached hydrogen (secondary N) is 1. The minimum atomic E-state index is -0.844. The molecule has 1 aliphatic rings. The molecule has 1 heterocycles. The Bertz CT molecular complexity index is 458. The van der Waals surface area contributed by atoms with Gasteiger partial charge in [0.05, 0.1) is 5.92 Å². The van der Waals surface area contributed by atoms with E-state index in [1.807, 2.05) is 18.2 Å². The number of hydrogen-bond donors (Lipinski definition) is 2. The summed E-state index contributed by atoms with van der Waals surface area (Å²) in [5, 5.41) is 11.4. The van der Waals surface area contributed by atoms with Crippen molar-refractivity contribution < 1.29 is 14.7 Å². The van der Waals surface area contributed by atoms with Crippen molar-refractivity contribution in [1.29, 1.82) is 0 Å². The molecule has 6 heteroatoms. The van der Waals surface area contributed by atoms with Crippen molar-refractivity contribution in [3.63, 3.8) is 0 Å². The fourth-order valence-electron chi connectivity index (χ4n) is 1.57. The zero-order valence-electron chi connectivity index (χ0n) is 8.89. The molecular weight excluding hydrogens is 335 g/mol. The molecule has 2 amide bonds. The highest BCUT2D eigenvalue weighted by Crippen LogP contribution is 2.18. The van der Waals surface area contributed by atoms with Gasteiger partial charge >= 0.3 is 12.0 Å². The monoisotopic (exact) mass is 346 g/mol. The molecular formula is C11H11IN2O3. The van der Waals surface area contributed by atoms with Crippen LogP contribution in [0.5, 0.6) is 0 Å². The normalized spacial score (nSPS) is 15.2. The lowest BCUT2D eigenvalue weighted by molar-refractivity contribution is -0.145. The van der Waals surface area contributed by atoms with Gasteiger partial charge in [-0.15, -0.1) is 0 Å². The number of urea groups is 1. The molecule has 5 nitrogen and oxygen atoms in total. The number of hydrogen-bond acceptors (Lipinski definition) is 2. The lowest BCUT2D eigenvalue weighted by Crippen LogP contribution is -2.54. The first kappa shape index (κ1) is 12.2. The van der Waals surface area contributed by atoms with Crippen LogP contribution in [0.2, 0.25) is 0 Å². The molecule has 0 bridgehead atoms. The average Bonchev–Trinajstić information content (AvgIpc) is 2.13. The van der Waals surface area contributed by atoms with Crippen LogP contribution in [0.3, 0.4) is 0 Å². The Kier molecular flexibility index (Phi) is 3.51. The Morgan fingerprint density at radius 1 is 1.41 bits per heavy atom. The summed E-state index contributed by atoms with van der Waals surface area (Å²) in [5.74, 6) is -1.26. The topological polar surface area (TPSA) is 69.6 Å². The molecule has 0 aliphatic carbocycles. The molecule has 0 aromatic heterocycles. The van der Waals surface area contributed by atoms with E-state index < -0.39 is 11.9 Å². The van der Waals surface area contributed by atoms with Crippen LogP contribution in [0, 0.1) is 9.49 Å². The van der Waals surface area contributed by atoms with E-state index in [1.54, 1.807) is 6.07 Å². The summed E-state index contributed by atoms with van der Waals surface area (Å²) in [4.78, 5) is 23.8. The van der Waals surface area contributed by atoms with Gasteiger partial charge in [0.2, 0.25) is 0 Å². The largest absolute Gasteiger partial charge is 0.481 e. The highest BCUT2D eigenvalue weighted by Gasteiger charge is 2.35. The third-order valence-corrected chi connectivity index (χ3v) is 3.26. The number of amides is 2. The number of carbonyl (C=O) groups excluding carboxylic acids is 1. The Balaban J connectivity index is 1.89. The molecule has 0 saturated carbocycles. The first-order valence-electron chi connectivity index (χ1n) is 5.10. The Labute approximate surface area is 112 Å². The molecule has 1 aliphatic heterocycles. The van der Waals surface area contributed by atoms with Crippen molar-refractivity contribution in [2.45, 2.75) is 0 Å². The SMILES string of the molecule is O=C(O)C1CN(C(=O)Nc2cccc(I)c2)C1. The van der Waals surface area contributed by atoms with E-state index in [4.69, 9.17) is 5.11 Å². The lowest BCUT2D eigenvalue weighted by Gasteiger charge is -2.36. The number of aliphatic carboxylic acids is 1. The molecule has 1 fully saturated rings. The summed E-state index contributed by atoms with van der Waals surface area (Å²) in [6.07, 6.45) is 0. The predicted molar refractivity (Wildman–Crippen MR) is 70.9 cm³/mol. The lowest BCUT2D eigenvalue weighted by atomic mass is 10.0. The van der Waals surface area contributed by atoms with Gasteiger partial charge in [-0.3, -0.25) is 4.79 Å². The van der Waals surface area contributed by atoms with Crippen molar-refractivity contribution in [2.75, 3.05) is 18.4 Å². The van der Waals surface area contributed by atoms with Gasteiger partial charge in [0, 0.05) is 22.3 Å². The van der Waals surface area contributed by atoms with Crippen LogP contribution in [-0.2, 0) is 4.79 Å². The number of carbonyl (C=O) groups is 2. The predicted octanol–water partition coefficient (Wildman–Crippen LogP) is 1.84. The quantitative estimate of drug-likeness (QED) is 0.803. The van der Waals surface area contributed by atoms with E-state index in [9.17, 15) is 9.59 Å². The zero-order chi connectivity index (χ0) is 12.4. The van der Waals surface area contributed by atoms with Crippen molar-refractivity contribution in [1.82, 2.24) is 4.90 Å². The molecule has 1 saturated heterocycles. The number of carboxylic acid groups (broad SMARTS) is 1. The van der Waals surface area contributed by atoms with Crippen LogP contribution >= 0.6 is 22.6 Å². The fourth-order valence-corrected chi connectivity index (χ4v) is 2.11. The second kappa shape index (κ2) is 4.91. The van der Waals surface area contributed by atoms with Gasteiger partial charge in [-0.1, -0.05) is 6.07 Å². The van der Waals surface area contributed by atoms with E-state index in [2.05, 4.69) is 27.9 Å². The maximum Gasteiger partial charge on any atom is 0.321 e. The maximum atomic E-state index is 11.7. The van der Waals surface area contributed by atoms with Crippen LogP contribution in [0.4, 0.5) is 10.5 Å². The van der Waals surface area contributed by atoms with Gasteiger partial charge in [-0.05, 0) is 40.8 Å². The molecule has 17 heavy (non-hydrogen) atoms. The van der Waals surface area contributed by atoms with Crippen LogP contribution in [-0.4, -0.2) is 35.1 Å². The number of halogens is 1. The fraction of sp³-hybridized carbons (Fsp3) is 0.273. The van der Waals surface area contributed by atoms with Crippen LogP contribution in [0.1, 0.15) is 0 Å². The van der Waals surface area contributed by atoms with Crippen LogP contribution in [0.25, 0.3) is 0 Å². The Hall–Kier alpha value is -1.31. The van der Waals surface area contributed by atoms with Crippen molar-refractivity contribution in [3.8, 4) is 0 Å². The molecule has 0 spiro atoms. The van der Waals surface area contributed by atoms with Gasteiger partial charge in [-0.25, -0.2) is 4.79 Å². The van der Waals surface area contributed by atoms with E-state index in [0.717, 1.165) is 9.26 Å². The summed E-state index contributed by atoms with van der Waals surface area (Å²) in [6.45, 7) is 0.566. The van der Waals surface area contributed by atoms with E-state index in [1.165, 1.54) is 4.90 Å². The zero-order valence-corrected chi connectivity index (χ0v) is 11.0. The number of rotatable bonds is 2. The van der Waals surface area contributed by atoms with Gasteiger partial charge in [0.25, 0.3) is 0 Å². The van der Waals surface area contributed by atoms with Crippen LogP contribution < -0.4 is 5.32 Å². The second-order valence-corrected chi connectivity index (χ2v) is 5.13. The van der Waals surface area contributed by atoms with Gasteiger partial charge in [0.15, 0.2) is 0 Å². The number of benzene rings is 1. The van der Waals surface area contributed by atoms with Crippen LogP contribution in [0.15, 0.2) is 24.3 Å². The van der Waals surface area contributed by atoms with Crippen molar-refractivity contribution >= 4 is 40.3 Å². The molecule has 2 rings (SSSR count). The molecule has 0 atom stereocenters. The smallest absolute Gasteiger partial charge is 0.321 e. The molecule has 2 N–H and O–H groups in total. The standard InChI is InChI=1S/C11H11IN2O3/c12-8-2-1-3-9(4-8)13-11(17)14-5-7(6-14)10(15)16/h1-4,7H,5-6H2,(H,13,17)(H,15,16). The maximum absolute atomic E-state index is 11.7. The second-order valence-electron chi connectivity index (χ2n) is 3.88. The molecule has 0 radical (unpaired) electrons. The third-order valence-electron chi connectivity index (χ3n) is 2.59. The summed E-state index contributed by atoms with van der Waals surface area (Å²) in [6, 6.07) is 7.19. The average molecular weight is 346 g/mol. The van der Waals surface area contributed by atoms with Crippen molar-refractivity contribution in [3.05, 3.63) is 27.8 Å². The van der Waals surface area contributed by atoms with Gasteiger partial charge in [-0.2, -0.15) is 0 Å². The number of likely N-dealkylation sites (tertiary alicyclic amines) is 1. The van der Waals surface area contributed by atoms with Gasteiger partial charge in [0.1, 0.15) is 0 Å². The first-order valence-corrected chi connectivity index (χ1v) is 6.18. The van der Waals surface area contributed by atoms with E-state index >= 15 is 0 Å². The minimum absolute atomic E-state index is 0.246. The Morgan fingerprint density at radius 3 is 2.71 bits per heavy atom. The summed E-state index contributed by atoms with van der Waals surface area (Å²) in [5.41, 5.74) is 0.723. The number of anilines is 1. The summed E-state index contributed by atoms with van der Waals surface area (Å²) >= 11 is 2.16.